The summed E-state index contributed by atoms with van der Waals surface area (Å²) in [5.74, 6) is 2.25. The van der Waals surface area contributed by atoms with Crippen LogP contribution < -0.4 is 19.9 Å². The number of fused-ring (bicyclic) bond motifs is 1. The average Bonchev–Trinajstić information content (AvgIpc) is 3.01. The van der Waals surface area contributed by atoms with Gasteiger partial charge in [0, 0.05) is 14.1 Å². The summed E-state index contributed by atoms with van der Waals surface area (Å²) >= 11 is 0. The Morgan fingerprint density at radius 2 is 1.38 bits per heavy atom. The molecular formula is C35H36N2O5. The second-order valence-corrected chi connectivity index (χ2v) is 10.3. The van der Waals surface area contributed by atoms with Crippen molar-refractivity contribution in [2.45, 2.75) is 25.7 Å². The van der Waals surface area contributed by atoms with Gasteiger partial charge >= 0.3 is 0 Å². The van der Waals surface area contributed by atoms with E-state index in [4.69, 9.17) is 24.7 Å². The summed E-state index contributed by atoms with van der Waals surface area (Å²) in [6.07, 6.45) is 2.67. The van der Waals surface area contributed by atoms with Gasteiger partial charge in [0.15, 0.2) is 0 Å². The Balaban J connectivity index is 1.19. The molecule has 216 valence electrons. The highest BCUT2D eigenvalue weighted by molar-refractivity contribution is 5.99. The van der Waals surface area contributed by atoms with Gasteiger partial charge in [0.2, 0.25) is 0 Å². The highest BCUT2D eigenvalue weighted by atomic mass is 16.5. The fraction of sp³-hybridized carbons (Fsp3) is 0.229. The monoisotopic (exact) mass is 564 g/mol. The van der Waals surface area contributed by atoms with E-state index in [1.165, 1.54) is 4.90 Å². The minimum Gasteiger partial charge on any atom is -0.492 e. The number of ether oxygens (including phenoxy) is 4. The van der Waals surface area contributed by atoms with Crippen LogP contribution >= 0.6 is 0 Å². The van der Waals surface area contributed by atoms with Gasteiger partial charge in [-0.25, -0.2) is 0 Å². The first-order chi connectivity index (χ1) is 20.5. The fourth-order valence-electron chi connectivity index (χ4n) is 4.71. The number of rotatable bonds is 12. The van der Waals surface area contributed by atoms with Gasteiger partial charge in [-0.3, -0.25) is 4.79 Å². The Bertz CT molecular complexity index is 1520. The largest absolute Gasteiger partial charge is 0.492 e. The summed E-state index contributed by atoms with van der Waals surface area (Å²) < 4.78 is 24.1. The molecule has 0 radical (unpaired) electrons. The lowest BCUT2D eigenvalue weighted by Gasteiger charge is -2.24. The molecule has 42 heavy (non-hydrogen) atoms. The topological polar surface area (TPSA) is 83.3 Å². The van der Waals surface area contributed by atoms with Gasteiger partial charge < -0.3 is 29.6 Å². The van der Waals surface area contributed by atoms with Gasteiger partial charge in [-0.1, -0.05) is 72.8 Å². The number of hydrogen-bond acceptors (Lipinski definition) is 6. The van der Waals surface area contributed by atoms with Gasteiger partial charge in [-0.05, 0) is 59.0 Å². The van der Waals surface area contributed by atoms with Crippen LogP contribution in [0, 0.1) is 0 Å². The lowest BCUT2D eigenvalue weighted by molar-refractivity contribution is 0.0816. The molecular weight excluding hydrogens is 528 g/mol. The van der Waals surface area contributed by atoms with Gasteiger partial charge in [0.05, 0.1) is 6.04 Å². The lowest BCUT2D eigenvalue weighted by atomic mass is 9.93. The van der Waals surface area contributed by atoms with Crippen LogP contribution in [-0.2, 0) is 24.4 Å². The maximum atomic E-state index is 13.1. The molecule has 1 aliphatic carbocycles. The molecule has 4 aromatic carbocycles. The molecule has 0 heterocycles. The van der Waals surface area contributed by atoms with E-state index >= 15 is 0 Å². The molecule has 7 nitrogen and oxygen atoms in total. The van der Waals surface area contributed by atoms with Crippen LogP contribution in [0.5, 0.6) is 17.2 Å². The Labute approximate surface area is 247 Å². The predicted molar refractivity (Wildman–Crippen MR) is 164 cm³/mol. The van der Waals surface area contributed by atoms with E-state index in [2.05, 4.69) is 0 Å². The van der Waals surface area contributed by atoms with Crippen LogP contribution in [0.1, 0.15) is 32.6 Å². The maximum Gasteiger partial charge on any atom is 0.260 e. The number of carbonyl (C=O) groups excluding carboxylic acids is 1. The van der Waals surface area contributed by atoms with Crippen LogP contribution in [0.15, 0.2) is 103 Å². The maximum absolute atomic E-state index is 13.1. The van der Waals surface area contributed by atoms with Gasteiger partial charge in [0.25, 0.3) is 5.91 Å². The molecule has 5 rings (SSSR count). The fourth-order valence-corrected chi connectivity index (χ4v) is 4.71. The quantitative estimate of drug-likeness (QED) is 0.217. The standard InChI is InChI=1S/C35H36N2O5/c1-37(2)35(38)34-31(14-9-15-32(34)41-23-25-10-5-3-6-11-25)40-19-18-39-29-17-16-27-22-33(30(36)21-28(27)20-29)42-24-26-12-7-4-8-13-26/h3-17,20,22,30H,18-19,21,23-24,36H2,1-2H3. The Kier molecular flexibility index (Phi) is 9.41. The van der Waals surface area contributed by atoms with E-state index in [0.29, 0.717) is 43.3 Å². The molecule has 0 saturated heterocycles. The number of amides is 1. The highest BCUT2D eigenvalue weighted by Gasteiger charge is 2.22. The average molecular weight is 565 g/mol. The highest BCUT2D eigenvalue weighted by Crippen LogP contribution is 2.31. The second-order valence-electron chi connectivity index (χ2n) is 10.3. The van der Waals surface area contributed by atoms with Crippen LogP contribution in [0.4, 0.5) is 0 Å². The van der Waals surface area contributed by atoms with Crippen molar-refractivity contribution in [1.29, 1.82) is 0 Å². The zero-order chi connectivity index (χ0) is 29.3. The molecule has 1 amide bonds. The molecule has 4 aromatic rings. The smallest absolute Gasteiger partial charge is 0.260 e. The van der Waals surface area contributed by atoms with E-state index in [1.54, 1.807) is 26.2 Å². The first-order valence-corrected chi connectivity index (χ1v) is 14.0. The Morgan fingerprint density at radius 3 is 2.05 bits per heavy atom. The van der Waals surface area contributed by atoms with Crippen molar-refractivity contribution in [3.63, 3.8) is 0 Å². The van der Waals surface area contributed by atoms with Crippen molar-refractivity contribution in [2.24, 2.45) is 5.73 Å². The van der Waals surface area contributed by atoms with Crippen LogP contribution in [-0.4, -0.2) is 44.2 Å². The first-order valence-electron chi connectivity index (χ1n) is 14.0. The summed E-state index contributed by atoms with van der Waals surface area (Å²) in [4.78, 5) is 14.6. The molecule has 0 bridgehead atoms. The summed E-state index contributed by atoms with van der Waals surface area (Å²) in [6, 6.07) is 31.0. The van der Waals surface area contributed by atoms with Gasteiger partial charge in [-0.2, -0.15) is 0 Å². The molecule has 1 unspecified atom stereocenters. The van der Waals surface area contributed by atoms with Crippen LogP contribution in [0.3, 0.4) is 0 Å². The Hall–Kier alpha value is -4.75. The first kappa shape index (κ1) is 28.8. The number of nitrogens with two attached hydrogens (primary N) is 1. The third-order valence-corrected chi connectivity index (χ3v) is 6.92. The molecule has 7 heteroatoms. The summed E-state index contributed by atoms with van der Waals surface area (Å²) in [6.45, 7) is 1.39. The molecule has 2 N–H and O–H groups in total. The molecule has 0 saturated carbocycles. The van der Waals surface area contributed by atoms with Crippen LogP contribution in [0.25, 0.3) is 6.08 Å². The summed E-state index contributed by atoms with van der Waals surface area (Å²) in [7, 11) is 3.41. The van der Waals surface area contributed by atoms with Crippen molar-refractivity contribution in [3.05, 3.63) is 131 Å². The van der Waals surface area contributed by atoms with Gasteiger partial charge in [-0.15, -0.1) is 0 Å². The van der Waals surface area contributed by atoms with Crippen molar-refractivity contribution >= 4 is 12.0 Å². The van der Waals surface area contributed by atoms with E-state index in [-0.39, 0.29) is 18.6 Å². The van der Waals surface area contributed by atoms with Crippen LogP contribution in [0.2, 0.25) is 0 Å². The predicted octanol–water partition coefficient (Wildman–Crippen LogP) is 5.87. The lowest BCUT2D eigenvalue weighted by Crippen LogP contribution is -2.29. The third-order valence-electron chi connectivity index (χ3n) is 6.92. The van der Waals surface area contributed by atoms with Crippen molar-refractivity contribution in [3.8, 4) is 17.2 Å². The number of nitrogens with zero attached hydrogens (tertiary/aromatic N) is 1. The Morgan fingerprint density at radius 1 is 0.762 bits per heavy atom. The molecule has 1 atom stereocenters. The van der Waals surface area contributed by atoms with E-state index < -0.39 is 0 Å². The molecule has 1 aliphatic rings. The zero-order valence-electron chi connectivity index (χ0n) is 24.0. The van der Waals surface area contributed by atoms with Crippen molar-refractivity contribution in [1.82, 2.24) is 4.90 Å². The number of hydrogen-bond donors (Lipinski definition) is 1. The SMILES string of the molecule is CN(C)C(=O)c1c(OCCOc2ccc3c(c2)CC(N)C(OCc2ccccc2)=C3)cccc1OCc1ccccc1. The normalized spacial score (nSPS) is 13.9. The van der Waals surface area contributed by atoms with E-state index in [1.807, 2.05) is 91.0 Å². The number of carbonyl (C=O) groups is 1. The van der Waals surface area contributed by atoms with E-state index in [9.17, 15) is 4.79 Å². The van der Waals surface area contributed by atoms with Gasteiger partial charge in [0.1, 0.15) is 55.0 Å². The minimum absolute atomic E-state index is 0.194. The molecule has 0 aromatic heterocycles. The van der Waals surface area contributed by atoms with Crippen molar-refractivity contribution in [2.75, 3.05) is 27.3 Å². The van der Waals surface area contributed by atoms with E-state index in [0.717, 1.165) is 33.8 Å². The second kappa shape index (κ2) is 13.7. The summed E-state index contributed by atoms with van der Waals surface area (Å²) in [5, 5.41) is 0. The van der Waals surface area contributed by atoms with Crippen molar-refractivity contribution < 1.29 is 23.7 Å². The molecule has 0 aliphatic heterocycles. The molecule has 0 spiro atoms. The number of benzene rings is 4. The minimum atomic E-state index is -0.219. The summed E-state index contributed by atoms with van der Waals surface area (Å²) in [5.41, 5.74) is 11.1. The molecule has 0 fully saturated rings. The third kappa shape index (κ3) is 7.30. The zero-order valence-corrected chi connectivity index (χ0v) is 24.0.